The average molecular weight is 424 g/mol. The fourth-order valence-electron chi connectivity index (χ4n) is 6.60. The molecule has 0 unspecified atom stereocenters. The average Bonchev–Trinajstić information content (AvgIpc) is 3.49. The second-order valence-corrected chi connectivity index (χ2v) is 10.3. The Labute approximate surface area is 186 Å². The van der Waals surface area contributed by atoms with Crippen LogP contribution < -0.4 is 0 Å². The lowest BCUT2D eigenvalue weighted by Gasteiger charge is -2.40. The second kappa shape index (κ2) is 8.93. The van der Waals surface area contributed by atoms with Crippen molar-refractivity contribution in [2.75, 3.05) is 39.3 Å². The van der Waals surface area contributed by atoms with Gasteiger partial charge in [0.05, 0.1) is 5.41 Å². The standard InChI is InChI=1S/C26H37N3O2/c30-24(29-18-17-27-14-6-9-23(27)20-29)19-21-10-15-28(16-11-21)25(31)26(12-4-5-13-26)22-7-2-1-3-8-22/h1-3,7-8,21,23H,4-6,9-20H2/t23-/m1/s1. The first-order chi connectivity index (χ1) is 15.2. The van der Waals surface area contributed by atoms with Gasteiger partial charge in [-0.1, -0.05) is 43.2 Å². The van der Waals surface area contributed by atoms with Crippen molar-refractivity contribution in [3.63, 3.8) is 0 Å². The number of benzene rings is 1. The van der Waals surface area contributed by atoms with Crippen LogP contribution in [0.3, 0.4) is 0 Å². The predicted octanol–water partition coefficient (Wildman–Crippen LogP) is 3.43. The van der Waals surface area contributed by atoms with Crippen LogP contribution >= 0.6 is 0 Å². The third-order valence-electron chi connectivity index (χ3n) is 8.50. The number of rotatable bonds is 4. The van der Waals surface area contributed by atoms with Gasteiger partial charge in [0, 0.05) is 45.2 Å². The van der Waals surface area contributed by atoms with Gasteiger partial charge in [0.1, 0.15) is 0 Å². The smallest absolute Gasteiger partial charge is 0.233 e. The molecule has 0 spiro atoms. The van der Waals surface area contributed by atoms with E-state index in [2.05, 4.69) is 39.0 Å². The van der Waals surface area contributed by atoms with E-state index in [4.69, 9.17) is 0 Å². The number of likely N-dealkylation sites (tertiary alicyclic amines) is 1. The van der Waals surface area contributed by atoms with Crippen LogP contribution in [-0.2, 0) is 15.0 Å². The predicted molar refractivity (Wildman–Crippen MR) is 122 cm³/mol. The van der Waals surface area contributed by atoms with Gasteiger partial charge in [-0.3, -0.25) is 14.5 Å². The molecule has 0 bridgehead atoms. The molecule has 4 fully saturated rings. The SMILES string of the molecule is O=C(CC1CCN(C(=O)C2(c3ccccc3)CCCC2)CC1)N1CCN2CCC[C@@H]2C1. The summed E-state index contributed by atoms with van der Waals surface area (Å²) in [5, 5.41) is 0. The molecule has 3 heterocycles. The highest BCUT2D eigenvalue weighted by atomic mass is 16.2. The van der Waals surface area contributed by atoms with E-state index in [0.29, 0.717) is 30.2 Å². The van der Waals surface area contributed by atoms with E-state index < -0.39 is 0 Å². The highest BCUT2D eigenvalue weighted by Gasteiger charge is 2.45. The Bertz CT molecular complexity index is 781. The molecule has 0 radical (unpaired) electrons. The van der Waals surface area contributed by atoms with Crippen LogP contribution in [0, 0.1) is 5.92 Å². The number of nitrogens with zero attached hydrogens (tertiary/aromatic N) is 3. The van der Waals surface area contributed by atoms with Crippen molar-refractivity contribution in [3.05, 3.63) is 35.9 Å². The van der Waals surface area contributed by atoms with Gasteiger partial charge in [0.25, 0.3) is 0 Å². The number of carbonyl (C=O) groups excluding carboxylic acids is 2. The van der Waals surface area contributed by atoms with Gasteiger partial charge in [0.15, 0.2) is 0 Å². The van der Waals surface area contributed by atoms with Gasteiger partial charge in [-0.15, -0.1) is 0 Å². The lowest BCUT2D eigenvalue weighted by Crippen LogP contribution is -2.52. The van der Waals surface area contributed by atoms with Crippen LogP contribution in [0.2, 0.25) is 0 Å². The van der Waals surface area contributed by atoms with E-state index in [9.17, 15) is 9.59 Å². The van der Waals surface area contributed by atoms with Gasteiger partial charge >= 0.3 is 0 Å². The molecule has 5 heteroatoms. The highest BCUT2D eigenvalue weighted by molar-refractivity contribution is 5.88. The van der Waals surface area contributed by atoms with Crippen LogP contribution in [0.25, 0.3) is 0 Å². The number of hydrogen-bond acceptors (Lipinski definition) is 3. The van der Waals surface area contributed by atoms with Gasteiger partial charge in [-0.25, -0.2) is 0 Å². The van der Waals surface area contributed by atoms with Crippen LogP contribution in [-0.4, -0.2) is 71.8 Å². The monoisotopic (exact) mass is 423 g/mol. The third kappa shape index (κ3) is 4.13. The first kappa shape index (κ1) is 21.0. The molecule has 2 amide bonds. The Morgan fingerprint density at radius 1 is 0.839 bits per heavy atom. The molecule has 5 rings (SSSR count). The summed E-state index contributed by atoms with van der Waals surface area (Å²) in [5.41, 5.74) is 0.881. The number of piperidine rings is 1. The second-order valence-electron chi connectivity index (χ2n) is 10.3. The number of hydrogen-bond donors (Lipinski definition) is 0. The van der Waals surface area contributed by atoms with Gasteiger partial charge < -0.3 is 9.80 Å². The maximum Gasteiger partial charge on any atom is 0.233 e. The molecule has 31 heavy (non-hydrogen) atoms. The molecule has 168 valence electrons. The minimum absolute atomic E-state index is 0.315. The number of piperazine rings is 1. The summed E-state index contributed by atoms with van der Waals surface area (Å²) in [5.74, 6) is 1.10. The van der Waals surface area contributed by atoms with E-state index in [0.717, 1.165) is 71.2 Å². The van der Waals surface area contributed by atoms with Gasteiger partial charge in [-0.05, 0) is 56.6 Å². The van der Waals surface area contributed by atoms with Crippen LogP contribution in [0.4, 0.5) is 0 Å². The topological polar surface area (TPSA) is 43.9 Å². The molecule has 0 N–H and O–H groups in total. The minimum atomic E-state index is -0.315. The molecule has 1 atom stereocenters. The Balaban J connectivity index is 1.16. The number of fused-ring (bicyclic) bond motifs is 1. The van der Waals surface area contributed by atoms with Crippen LogP contribution in [0.5, 0.6) is 0 Å². The van der Waals surface area contributed by atoms with E-state index in [1.807, 2.05) is 6.07 Å². The first-order valence-electron chi connectivity index (χ1n) is 12.5. The van der Waals surface area contributed by atoms with Crippen molar-refractivity contribution in [3.8, 4) is 0 Å². The lowest BCUT2D eigenvalue weighted by atomic mass is 9.77. The summed E-state index contributed by atoms with van der Waals surface area (Å²) in [6, 6.07) is 11.0. The van der Waals surface area contributed by atoms with E-state index >= 15 is 0 Å². The summed E-state index contributed by atoms with van der Waals surface area (Å²) in [7, 11) is 0. The molecule has 1 aliphatic carbocycles. The van der Waals surface area contributed by atoms with Crippen molar-refractivity contribution in [2.24, 2.45) is 5.92 Å². The molecule has 1 aromatic carbocycles. The van der Waals surface area contributed by atoms with Crippen molar-refractivity contribution in [1.29, 1.82) is 0 Å². The number of amides is 2. The molecular formula is C26H37N3O2. The van der Waals surface area contributed by atoms with E-state index in [1.54, 1.807) is 0 Å². The summed E-state index contributed by atoms with van der Waals surface area (Å²) in [6.45, 7) is 5.69. The lowest BCUT2D eigenvalue weighted by molar-refractivity contribution is -0.139. The summed E-state index contributed by atoms with van der Waals surface area (Å²) < 4.78 is 0. The van der Waals surface area contributed by atoms with E-state index in [-0.39, 0.29) is 5.41 Å². The maximum atomic E-state index is 13.7. The van der Waals surface area contributed by atoms with Gasteiger partial charge in [-0.2, -0.15) is 0 Å². The fraction of sp³-hybridized carbons (Fsp3) is 0.692. The van der Waals surface area contributed by atoms with Crippen molar-refractivity contribution < 1.29 is 9.59 Å². The van der Waals surface area contributed by atoms with Crippen LogP contribution in [0.1, 0.15) is 63.4 Å². The Hall–Kier alpha value is -1.88. The number of carbonyl (C=O) groups is 2. The van der Waals surface area contributed by atoms with Crippen LogP contribution in [0.15, 0.2) is 30.3 Å². The van der Waals surface area contributed by atoms with Crippen molar-refractivity contribution in [1.82, 2.24) is 14.7 Å². The molecule has 1 aromatic rings. The van der Waals surface area contributed by atoms with Crippen molar-refractivity contribution in [2.45, 2.75) is 69.2 Å². The van der Waals surface area contributed by atoms with Crippen molar-refractivity contribution >= 4 is 11.8 Å². The first-order valence-corrected chi connectivity index (χ1v) is 12.5. The van der Waals surface area contributed by atoms with Gasteiger partial charge in [0.2, 0.25) is 11.8 Å². The molecule has 0 aromatic heterocycles. The third-order valence-corrected chi connectivity index (χ3v) is 8.50. The quantitative estimate of drug-likeness (QED) is 0.745. The minimum Gasteiger partial charge on any atom is -0.342 e. The molecule has 3 saturated heterocycles. The zero-order valence-corrected chi connectivity index (χ0v) is 18.8. The summed E-state index contributed by atoms with van der Waals surface area (Å²) in [4.78, 5) is 33.4. The fourth-order valence-corrected chi connectivity index (χ4v) is 6.60. The molecule has 5 nitrogen and oxygen atoms in total. The summed E-state index contributed by atoms with van der Waals surface area (Å²) >= 11 is 0. The Kier molecular flexibility index (Phi) is 6.05. The molecule has 3 aliphatic heterocycles. The Morgan fingerprint density at radius 2 is 1.58 bits per heavy atom. The maximum absolute atomic E-state index is 13.7. The van der Waals surface area contributed by atoms with E-state index in [1.165, 1.54) is 24.9 Å². The largest absolute Gasteiger partial charge is 0.342 e. The molecular weight excluding hydrogens is 386 g/mol. The zero-order chi connectivity index (χ0) is 21.3. The zero-order valence-electron chi connectivity index (χ0n) is 18.8. The molecule has 1 saturated carbocycles. The molecule has 4 aliphatic rings. The Morgan fingerprint density at radius 3 is 2.32 bits per heavy atom. The highest BCUT2D eigenvalue weighted by Crippen LogP contribution is 2.43. The summed E-state index contributed by atoms with van der Waals surface area (Å²) in [6.07, 6.45) is 9.34. The normalized spacial score (nSPS) is 26.8.